The van der Waals surface area contributed by atoms with E-state index in [1.54, 1.807) is 23.1 Å². The number of carbonyl (C=O) groups is 1. The Labute approximate surface area is 190 Å². The Bertz CT molecular complexity index is 1280. The van der Waals surface area contributed by atoms with Gasteiger partial charge in [0.1, 0.15) is 5.82 Å². The molecule has 3 heterocycles. The number of ether oxygens (including phenoxy) is 2. The lowest BCUT2D eigenvalue weighted by atomic mass is 9.85. The fourth-order valence-corrected chi connectivity index (χ4v) is 5.15. The molecule has 0 radical (unpaired) electrons. The highest BCUT2D eigenvalue weighted by Crippen LogP contribution is 2.46. The van der Waals surface area contributed by atoms with E-state index in [4.69, 9.17) is 19.6 Å². The third-order valence-corrected chi connectivity index (χ3v) is 6.63. The molecule has 0 bridgehead atoms. The van der Waals surface area contributed by atoms with Gasteiger partial charge in [-0.15, -0.1) is 0 Å². The Hall–Kier alpha value is -3.39. The number of hydrogen-bond donors (Lipinski definition) is 1. The average Bonchev–Trinajstić information content (AvgIpc) is 3.37. The van der Waals surface area contributed by atoms with Gasteiger partial charge in [0.25, 0.3) is 0 Å². The molecule has 2 aromatic carbocycles. The number of anilines is 1. The maximum Gasteiger partial charge on any atom is 0.226 e. The van der Waals surface area contributed by atoms with Gasteiger partial charge in [0, 0.05) is 23.5 Å². The second-order valence-corrected chi connectivity index (χ2v) is 8.76. The van der Waals surface area contributed by atoms with Gasteiger partial charge >= 0.3 is 0 Å². The van der Waals surface area contributed by atoms with Crippen molar-refractivity contribution >= 4 is 33.3 Å². The molecule has 1 N–H and O–H groups in total. The van der Waals surface area contributed by atoms with E-state index in [-0.39, 0.29) is 11.8 Å². The van der Waals surface area contributed by atoms with Crippen molar-refractivity contribution in [2.45, 2.75) is 32.6 Å². The summed E-state index contributed by atoms with van der Waals surface area (Å²) in [6.45, 7) is 4.61. The maximum absolute atomic E-state index is 12.8. The van der Waals surface area contributed by atoms with Gasteiger partial charge in [-0.05, 0) is 31.5 Å². The van der Waals surface area contributed by atoms with Crippen LogP contribution < -0.4 is 14.8 Å². The number of amides is 1. The average molecular weight is 449 g/mol. The molecule has 0 aliphatic carbocycles. The number of nitrogens with zero attached hydrogens (tertiary/aromatic N) is 3. The van der Waals surface area contributed by atoms with Crippen molar-refractivity contribution in [2.24, 2.45) is 0 Å². The van der Waals surface area contributed by atoms with E-state index < -0.39 is 0 Å². The molecule has 1 amide bonds. The number of nitrogens with one attached hydrogen (secondary N) is 1. The van der Waals surface area contributed by atoms with Crippen LogP contribution in [0.3, 0.4) is 0 Å². The number of rotatable bonds is 6. The minimum atomic E-state index is -0.191. The Morgan fingerprint density at radius 1 is 1.22 bits per heavy atom. The van der Waals surface area contributed by atoms with E-state index in [9.17, 15) is 4.79 Å². The van der Waals surface area contributed by atoms with Gasteiger partial charge in [-0.3, -0.25) is 4.79 Å². The zero-order valence-corrected chi connectivity index (χ0v) is 19.0. The van der Waals surface area contributed by atoms with Crippen molar-refractivity contribution in [1.29, 1.82) is 0 Å². The van der Waals surface area contributed by atoms with Crippen molar-refractivity contribution in [3.8, 4) is 16.6 Å². The van der Waals surface area contributed by atoms with Crippen molar-refractivity contribution in [1.82, 2.24) is 14.8 Å². The molecule has 0 spiro atoms. The van der Waals surface area contributed by atoms with Gasteiger partial charge in [-0.1, -0.05) is 42.5 Å². The maximum atomic E-state index is 12.8. The molecule has 5 rings (SSSR count). The summed E-state index contributed by atoms with van der Waals surface area (Å²) in [5.41, 5.74) is 3.68. The largest absolute Gasteiger partial charge is 0.493 e. The number of aromatic nitrogens is 3. The summed E-state index contributed by atoms with van der Waals surface area (Å²) in [5, 5.41) is 8.55. The summed E-state index contributed by atoms with van der Waals surface area (Å²) in [6, 6.07) is 13.8. The smallest absolute Gasteiger partial charge is 0.226 e. The van der Waals surface area contributed by atoms with Crippen molar-refractivity contribution in [3.05, 3.63) is 59.3 Å². The zero-order chi connectivity index (χ0) is 22.2. The van der Waals surface area contributed by atoms with E-state index in [1.807, 2.05) is 49.4 Å². The quantitative estimate of drug-likeness (QED) is 0.446. The Balaban J connectivity index is 1.66. The summed E-state index contributed by atoms with van der Waals surface area (Å²) in [7, 11) is 1.63. The van der Waals surface area contributed by atoms with Gasteiger partial charge in [0.05, 0.1) is 29.6 Å². The summed E-state index contributed by atoms with van der Waals surface area (Å²) in [5.74, 6) is 1.78. The molecule has 1 aliphatic heterocycles. The number of benzene rings is 2. The first-order valence-electron chi connectivity index (χ1n) is 10.7. The van der Waals surface area contributed by atoms with Crippen LogP contribution in [0.5, 0.6) is 11.5 Å². The first kappa shape index (κ1) is 20.5. The van der Waals surface area contributed by atoms with Crippen LogP contribution >= 0.6 is 11.3 Å². The summed E-state index contributed by atoms with van der Waals surface area (Å²) in [6.07, 6.45) is 1.19. The Kier molecular flexibility index (Phi) is 5.30. The van der Waals surface area contributed by atoms with Crippen LogP contribution in [-0.4, -0.2) is 34.4 Å². The number of hydrogen-bond acceptors (Lipinski definition) is 6. The number of fused-ring (bicyclic) bond motifs is 2. The topological polar surface area (TPSA) is 78.3 Å². The predicted octanol–water partition coefficient (Wildman–Crippen LogP) is 5.06. The van der Waals surface area contributed by atoms with Crippen LogP contribution in [-0.2, 0) is 4.79 Å². The number of para-hydroxylation sites is 2. The van der Waals surface area contributed by atoms with Crippen LogP contribution in [0.25, 0.3) is 15.3 Å². The molecular weight excluding hydrogens is 424 g/mol. The van der Waals surface area contributed by atoms with Crippen molar-refractivity contribution < 1.29 is 14.3 Å². The minimum absolute atomic E-state index is 0.0611. The second kappa shape index (κ2) is 8.27. The lowest BCUT2D eigenvalue weighted by Gasteiger charge is -2.26. The van der Waals surface area contributed by atoms with E-state index >= 15 is 0 Å². The molecule has 2 aromatic heterocycles. The van der Waals surface area contributed by atoms with Gasteiger partial charge in [-0.25, -0.2) is 4.98 Å². The standard InChI is InChI=1S/C24H24N4O3S/c1-4-12-31-22-15(8-7-10-18(22)30-3)16-13-20(29)26-23-21(16)14(2)27-28(23)24-25-17-9-5-6-11-19(17)32-24/h5-11,16H,4,12-13H2,1-3H3,(H,26,29)/t16-/m1/s1. The Morgan fingerprint density at radius 3 is 2.84 bits per heavy atom. The van der Waals surface area contributed by atoms with E-state index in [0.717, 1.165) is 38.6 Å². The number of methoxy groups -OCH3 is 1. The van der Waals surface area contributed by atoms with Crippen LogP contribution in [0.4, 0.5) is 5.82 Å². The monoisotopic (exact) mass is 448 g/mol. The van der Waals surface area contributed by atoms with Gasteiger partial charge in [-0.2, -0.15) is 9.78 Å². The van der Waals surface area contributed by atoms with Crippen LogP contribution in [0.15, 0.2) is 42.5 Å². The van der Waals surface area contributed by atoms with Crippen LogP contribution in [0.2, 0.25) is 0 Å². The molecule has 1 aliphatic rings. The second-order valence-electron chi connectivity index (χ2n) is 7.76. The highest BCUT2D eigenvalue weighted by molar-refractivity contribution is 7.20. The number of carbonyl (C=O) groups excluding carboxylic acids is 1. The highest BCUT2D eigenvalue weighted by Gasteiger charge is 2.35. The molecule has 0 fully saturated rings. The SMILES string of the molecule is CCCOc1c(OC)cccc1[C@H]1CC(=O)Nc2c1c(C)nn2-c1nc2ccccc2s1. The van der Waals surface area contributed by atoms with Crippen LogP contribution in [0.1, 0.15) is 42.5 Å². The molecule has 164 valence electrons. The molecule has 0 saturated carbocycles. The minimum Gasteiger partial charge on any atom is -0.493 e. The molecule has 4 aromatic rings. The molecule has 32 heavy (non-hydrogen) atoms. The van der Waals surface area contributed by atoms with Gasteiger partial charge in [0.15, 0.2) is 11.5 Å². The molecule has 7 nitrogen and oxygen atoms in total. The number of aryl methyl sites for hydroxylation is 1. The molecule has 1 atom stereocenters. The zero-order valence-electron chi connectivity index (χ0n) is 18.2. The van der Waals surface area contributed by atoms with Gasteiger partial charge in [0.2, 0.25) is 11.0 Å². The summed E-state index contributed by atoms with van der Waals surface area (Å²) in [4.78, 5) is 17.5. The van der Waals surface area contributed by atoms with Crippen molar-refractivity contribution in [2.75, 3.05) is 19.0 Å². The van der Waals surface area contributed by atoms with E-state index in [0.29, 0.717) is 30.3 Å². The highest BCUT2D eigenvalue weighted by atomic mass is 32.1. The van der Waals surface area contributed by atoms with Crippen LogP contribution in [0, 0.1) is 6.92 Å². The summed E-state index contributed by atoms with van der Waals surface area (Å²) < 4.78 is 14.5. The van der Waals surface area contributed by atoms with E-state index in [2.05, 4.69) is 12.2 Å². The molecular formula is C24H24N4O3S. The number of thiazole rings is 1. The molecule has 8 heteroatoms. The van der Waals surface area contributed by atoms with Crippen molar-refractivity contribution in [3.63, 3.8) is 0 Å². The third kappa shape index (κ3) is 3.40. The lowest BCUT2D eigenvalue weighted by molar-refractivity contribution is -0.116. The normalized spacial score (nSPS) is 15.5. The van der Waals surface area contributed by atoms with E-state index in [1.165, 1.54) is 0 Å². The third-order valence-electron chi connectivity index (χ3n) is 5.62. The first-order valence-corrected chi connectivity index (χ1v) is 11.5. The Morgan fingerprint density at radius 2 is 2.06 bits per heavy atom. The predicted molar refractivity (Wildman–Crippen MR) is 125 cm³/mol. The molecule has 0 unspecified atom stereocenters. The molecule has 0 saturated heterocycles. The van der Waals surface area contributed by atoms with Gasteiger partial charge < -0.3 is 14.8 Å². The lowest BCUT2D eigenvalue weighted by Crippen LogP contribution is -2.25. The fourth-order valence-electron chi connectivity index (χ4n) is 4.23. The first-order chi connectivity index (χ1) is 15.6. The fraction of sp³-hybridized carbons (Fsp3) is 0.292. The summed E-state index contributed by atoms with van der Waals surface area (Å²) >= 11 is 1.55.